The normalized spacial score (nSPS) is 14.3. The Morgan fingerprint density at radius 3 is 1.59 bits per heavy atom. The lowest BCUT2D eigenvalue weighted by Gasteiger charge is -2.16. The van der Waals surface area contributed by atoms with Gasteiger partial charge < -0.3 is 5.11 Å². The van der Waals surface area contributed by atoms with Crippen molar-refractivity contribution >= 4 is 0 Å². The Morgan fingerprint density at radius 2 is 1.11 bits per heavy atom. The van der Waals surface area contributed by atoms with Crippen molar-refractivity contribution in [3.8, 4) is 0 Å². The Labute approximate surface area is 172 Å². The highest BCUT2D eigenvalue weighted by atomic mass is 16.3. The third-order valence-corrected chi connectivity index (χ3v) is 5.90. The first-order valence-electron chi connectivity index (χ1n) is 12.4. The highest BCUT2D eigenvalue weighted by Crippen LogP contribution is 2.17. The summed E-state index contributed by atoms with van der Waals surface area (Å²) in [6.07, 6.45) is 27.7. The van der Waals surface area contributed by atoms with E-state index in [2.05, 4.69) is 39.8 Å². The minimum Gasteiger partial charge on any atom is -0.393 e. The third-order valence-electron chi connectivity index (χ3n) is 5.90. The molecule has 0 unspecified atom stereocenters. The van der Waals surface area contributed by atoms with Crippen LogP contribution in [0, 0.1) is 11.8 Å². The fraction of sp³-hybridized carbons (Fsp3) is 0.923. The van der Waals surface area contributed by atoms with Gasteiger partial charge in [0.05, 0.1) is 6.10 Å². The Kier molecular flexibility index (Phi) is 20.2. The summed E-state index contributed by atoms with van der Waals surface area (Å²) in [7, 11) is 0. The number of rotatable bonds is 20. The zero-order valence-corrected chi connectivity index (χ0v) is 19.4. The van der Waals surface area contributed by atoms with Gasteiger partial charge in [-0.1, -0.05) is 117 Å². The quantitative estimate of drug-likeness (QED) is 0.165. The number of allylic oxidation sites excluding steroid dienone is 2. The molecule has 162 valence electrons. The lowest BCUT2D eigenvalue weighted by atomic mass is 9.95. The lowest BCUT2D eigenvalue weighted by Crippen LogP contribution is -2.15. The van der Waals surface area contributed by atoms with Gasteiger partial charge in [-0.15, -0.1) is 0 Å². The smallest absolute Gasteiger partial charge is 0.0563 e. The highest BCUT2D eigenvalue weighted by Gasteiger charge is 2.10. The molecule has 1 nitrogen and oxygen atoms in total. The molecular weight excluding hydrogens is 328 g/mol. The van der Waals surface area contributed by atoms with Gasteiger partial charge in [0.2, 0.25) is 0 Å². The van der Waals surface area contributed by atoms with E-state index in [1.54, 1.807) is 0 Å². The van der Waals surface area contributed by atoms with E-state index in [4.69, 9.17) is 0 Å². The number of aliphatic hydroxyl groups excluding tert-OH is 1. The van der Waals surface area contributed by atoms with Crippen LogP contribution < -0.4 is 0 Å². The Balaban J connectivity index is 3.26. The molecule has 0 fully saturated rings. The monoisotopic (exact) mass is 380 g/mol. The fourth-order valence-electron chi connectivity index (χ4n) is 3.63. The first-order valence-corrected chi connectivity index (χ1v) is 12.4. The van der Waals surface area contributed by atoms with Crippen LogP contribution in [0.5, 0.6) is 0 Å². The molecule has 2 atom stereocenters. The molecule has 0 saturated heterocycles. The molecule has 0 heterocycles. The summed E-state index contributed by atoms with van der Waals surface area (Å²) in [5.41, 5.74) is 0. The molecule has 27 heavy (non-hydrogen) atoms. The van der Waals surface area contributed by atoms with E-state index in [0.717, 1.165) is 12.8 Å². The lowest BCUT2D eigenvalue weighted by molar-refractivity contribution is 0.109. The first kappa shape index (κ1) is 26.7. The predicted molar refractivity (Wildman–Crippen MR) is 123 cm³/mol. The summed E-state index contributed by atoms with van der Waals surface area (Å²) in [6, 6.07) is 0. The van der Waals surface area contributed by atoms with Crippen molar-refractivity contribution in [2.24, 2.45) is 11.8 Å². The van der Waals surface area contributed by atoms with E-state index in [0.29, 0.717) is 11.8 Å². The molecule has 0 spiro atoms. The average Bonchev–Trinajstić information content (AvgIpc) is 2.65. The summed E-state index contributed by atoms with van der Waals surface area (Å²) in [5.74, 6) is 1.09. The number of aliphatic hydroxyl groups is 1. The van der Waals surface area contributed by atoms with E-state index in [9.17, 15) is 5.11 Å². The van der Waals surface area contributed by atoms with Gasteiger partial charge in [-0.3, -0.25) is 0 Å². The number of unbranched alkanes of at least 4 members (excludes halogenated alkanes) is 13. The van der Waals surface area contributed by atoms with Gasteiger partial charge in [-0.05, 0) is 43.9 Å². The molecule has 0 rings (SSSR count). The van der Waals surface area contributed by atoms with E-state index >= 15 is 0 Å². The molecule has 0 bridgehead atoms. The van der Waals surface area contributed by atoms with Crippen molar-refractivity contribution in [3.63, 3.8) is 0 Å². The number of hydrogen-bond acceptors (Lipinski definition) is 1. The van der Waals surface area contributed by atoms with Crippen LogP contribution in [0.4, 0.5) is 0 Å². The molecule has 0 aromatic heterocycles. The molecule has 0 aliphatic heterocycles. The highest BCUT2D eigenvalue weighted by molar-refractivity contribution is 4.83. The van der Waals surface area contributed by atoms with Gasteiger partial charge in [-0.2, -0.15) is 0 Å². The second kappa shape index (κ2) is 20.4. The maximum absolute atomic E-state index is 9.87. The molecule has 0 saturated carbocycles. The molecular formula is C26H52O. The largest absolute Gasteiger partial charge is 0.393 e. The van der Waals surface area contributed by atoms with Crippen molar-refractivity contribution in [2.45, 2.75) is 143 Å². The van der Waals surface area contributed by atoms with E-state index < -0.39 is 0 Å². The maximum atomic E-state index is 9.87. The first-order chi connectivity index (χ1) is 13.1. The summed E-state index contributed by atoms with van der Waals surface area (Å²) in [4.78, 5) is 0. The Hall–Kier alpha value is -0.300. The van der Waals surface area contributed by atoms with Crippen LogP contribution in [0.2, 0.25) is 0 Å². The van der Waals surface area contributed by atoms with Gasteiger partial charge in [0.1, 0.15) is 0 Å². The van der Waals surface area contributed by atoms with E-state index in [1.165, 1.54) is 96.3 Å². The molecule has 0 aliphatic rings. The average molecular weight is 381 g/mol. The predicted octanol–water partition coefficient (Wildman–Crippen LogP) is 8.85. The van der Waals surface area contributed by atoms with Crippen molar-refractivity contribution in [3.05, 3.63) is 12.2 Å². The van der Waals surface area contributed by atoms with Crippen molar-refractivity contribution in [1.29, 1.82) is 0 Å². The van der Waals surface area contributed by atoms with Gasteiger partial charge in [0.15, 0.2) is 0 Å². The van der Waals surface area contributed by atoms with Crippen LogP contribution in [-0.2, 0) is 0 Å². The molecule has 1 heteroatoms. The molecule has 0 amide bonds. The van der Waals surface area contributed by atoms with Crippen LogP contribution in [0.1, 0.15) is 137 Å². The second-order valence-corrected chi connectivity index (χ2v) is 9.23. The van der Waals surface area contributed by atoms with Gasteiger partial charge >= 0.3 is 0 Å². The summed E-state index contributed by atoms with van der Waals surface area (Å²) in [5, 5.41) is 9.87. The summed E-state index contributed by atoms with van der Waals surface area (Å²) < 4.78 is 0. The van der Waals surface area contributed by atoms with Crippen molar-refractivity contribution < 1.29 is 5.11 Å². The zero-order valence-electron chi connectivity index (χ0n) is 19.4. The van der Waals surface area contributed by atoms with Gasteiger partial charge in [0.25, 0.3) is 0 Å². The second-order valence-electron chi connectivity index (χ2n) is 9.23. The maximum Gasteiger partial charge on any atom is 0.0563 e. The third kappa shape index (κ3) is 20.2. The number of hydrogen-bond donors (Lipinski definition) is 1. The van der Waals surface area contributed by atoms with E-state index in [1.807, 2.05) is 0 Å². The minimum absolute atomic E-state index is 0.123. The SMILES string of the molecule is CCCCCCCCCCCCCCC/C=C\C[C@H](C)CC[C@H](O)C(C)C. The van der Waals surface area contributed by atoms with Crippen LogP contribution in [0.25, 0.3) is 0 Å². The van der Waals surface area contributed by atoms with Crippen LogP contribution in [0.3, 0.4) is 0 Å². The van der Waals surface area contributed by atoms with Crippen LogP contribution in [-0.4, -0.2) is 11.2 Å². The molecule has 0 aromatic carbocycles. The zero-order chi connectivity index (χ0) is 20.2. The van der Waals surface area contributed by atoms with E-state index in [-0.39, 0.29) is 6.10 Å². The standard InChI is InChI=1S/C26H52O/c1-5-6-7-8-9-10-11-12-13-14-15-16-17-18-19-20-21-25(4)22-23-26(27)24(2)3/h19-20,24-27H,5-18,21-23H2,1-4H3/b20-19-/t25-,26-/m0/s1. The van der Waals surface area contributed by atoms with Crippen molar-refractivity contribution in [1.82, 2.24) is 0 Å². The molecule has 1 N–H and O–H groups in total. The van der Waals surface area contributed by atoms with Crippen LogP contribution in [0.15, 0.2) is 12.2 Å². The van der Waals surface area contributed by atoms with Crippen LogP contribution >= 0.6 is 0 Å². The Morgan fingerprint density at radius 1 is 0.630 bits per heavy atom. The minimum atomic E-state index is -0.123. The fourth-order valence-corrected chi connectivity index (χ4v) is 3.63. The van der Waals surface area contributed by atoms with Crippen molar-refractivity contribution in [2.75, 3.05) is 0 Å². The van der Waals surface area contributed by atoms with Gasteiger partial charge in [0, 0.05) is 0 Å². The molecule has 0 radical (unpaired) electrons. The summed E-state index contributed by atoms with van der Waals surface area (Å²) in [6.45, 7) is 8.80. The van der Waals surface area contributed by atoms with Gasteiger partial charge in [-0.25, -0.2) is 0 Å². The summed E-state index contributed by atoms with van der Waals surface area (Å²) >= 11 is 0. The molecule has 0 aromatic rings. The molecule has 0 aliphatic carbocycles. The Bertz CT molecular complexity index is 307. The topological polar surface area (TPSA) is 20.2 Å².